The first-order valence-corrected chi connectivity index (χ1v) is 8.95. The Labute approximate surface area is 135 Å². The first-order valence-electron chi connectivity index (χ1n) is 7.46. The van der Waals surface area contributed by atoms with Gasteiger partial charge in [0, 0.05) is 12.6 Å². The van der Waals surface area contributed by atoms with Crippen molar-refractivity contribution in [3.05, 3.63) is 53.6 Å². The molecule has 0 heterocycles. The lowest BCUT2D eigenvalue weighted by atomic mass is 10.1. The fraction of sp³-hybridized carbons (Fsp3) is 0.235. The second-order valence-corrected chi connectivity index (χ2v) is 7.33. The van der Waals surface area contributed by atoms with Crippen LogP contribution >= 0.6 is 0 Å². The van der Waals surface area contributed by atoms with E-state index < -0.39 is 10.0 Å². The number of carbonyl (C=O) groups is 1. The molecule has 120 valence electrons. The number of rotatable bonds is 4. The van der Waals surface area contributed by atoms with Crippen LogP contribution in [0.25, 0.3) is 0 Å². The third kappa shape index (κ3) is 3.53. The zero-order valence-corrected chi connectivity index (χ0v) is 13.6. The molecule has 0 aromatic heterocycles. The van der Waals surface area contributed by atoms with Gasteiger partial charge in [0.25, 0.3) is 10.0 Å². The number of fused-ring (bicyclic) bond motifs is 1. The van der Waals surface area contributed by atoms with Crippen molar-refractivity contribution < 1.29 is 13.2 Å². The normalized spacial score (nSPS) is 13.4. The van der Waals surface area contributed by atoms with Crippen molar-refractivity contribution in [1.29, 1.82) is 0 Å². The highest BCUT2D eigenvalue weighted by Gasteiger charge is 2.18. The third-order valence-electron chi connectivity index (χ3n) is 3.82. The highest BCUT2D eigenvalue weighted by Crippen LogP contribution is 2.26. The van der Waals surface area contributed by atoms with Gasteiger partial charge in [0.1, 0.15) is 0 Å². The van der Waals surface area contributed by atoms with Crippen molar-refractivity contribution in [1.82, 2.24) is 0 Å². The minimum absolute atomic E-state index is 0.205. The molecule has 0 saturated heterocycles. The van der Waals surface area contributed by atoms with Crippen LogP contribution in [0.1, 0.15) is 24.5 Å². The summed E-state index contributed by atoms with van der Waals surface area (Å²) < 4.78 is 27.6. The van der Waals surface area contributed by atoms with Crippen LogP contribution in [0.15, 0.2) is 47.4 Å². The van der Waals surface area contributed by atoms with Crippen LogP contribution in [0.2, 0.25) is 0 Å². The van der Waals surface area contributed by atoms with Gasteiger partial charge in [0.2, 0.25) is 5.91 Å². The topological polar surface area (TPSA) is 75.3 Å². The van der Waals surface area contributed by atoms with Crippen molar-refractivity contribution in [2.45, 2.75) is 31.1 Å². The zero-order chi connectivity index (χ0) is 16.4. The molecule has 0 unspecified atom stereocenters. The highest BCUT2D eigenvalue weighted by molar-refractivity contribution is 7.92. The van der Waals surface area contributed by atoms with E-state index in [4.69, 9.17) is 0 Å². The minimum Gasteiger partial charge on any atom is -0.326 e. The van der Waals surface area contributed by atoms with Gasteiger partial charge in [-0.3, -0.25) is 9.52 Å². The Bertz CT molecular complexity index is 860. The van der Waals surface area contributed by atoms with E-state index in [-0.39, 0.29) is 10.8 Å². The summed E-state index contributed by atoms with van der Waals surface area (Å²) in [4.78, 5) is 11.4. The molecular formula is C17H18N2O3S. The number of benzene rings is 2. The molecule has 0 radical (unpaired) electrons. The van der Waals surface area contributed by atoms with E-state index in [1.807, 2.05) is 6.07 Å². The monoisotopic (exact) mass is 330 g/mol. The molecule has 5 nitrogen and oxygen atoms in total. The van der Waals surface area contributed by atoms with E-state index >= 15 is 0 Å². The van der Waals surface area contributed by atoms with Crippen LogP contribution < -0.4 is 10.0 Å². The van der Waals surface area contributed by atoms with Gasteiger partial charge in [-0.1, -0.05) is 12.1 Å². The van der Waals surface area contributed by atoms with Crippen LogP contribution in [0.3, 0.4) is 0 Å². The summed E-state index contributed by atoms with van der Waals surface area (Å²) in [6.45, 7) is 1.40. The highest BCUT2D eigenvalue weighted by atomic mass is 32.2. The summed E-state index contributed by atoms with van der Waals surface area (Å²) in [7, 11) is -3.64. The van der Waals surface area contributed by atoms with Gasteiger partial charge in [-0.2, -0.15) is 0 Å². The molecular weight excluding hydrogens is 312 g/mol. The van der Waals surface area contributed by atoms with E-state index in [9.17, 15) is 13.2 Å². The molecule has 1 aliphatic carbocycles. The number of amides is 1. The van der Waals surface area contributed by atoms with Crippen LogP contribution in [0, 0.1) is 0 Å². The van der Waals surface area contributed by atoms with Gasteiger partial charge in [-0.05, 0) is 60.7 Å². The maximum absolute atomic E-state index is 12.5. The number of sulfonamides is 1. The fourth-order valence-corrected chi connectivity index (χ4v) is 3.89. The van der Waals surface area contributed by atoms with E-state index in [1.165, 1.54) is 12.5 Å². The smallest absolute Gasteiger partial charge is 0.261 e. The lowest BCUT2D eigenvalue weighted by Crippen LogP contribution is -2.14. The number of anilines is 2. The molecule has 6 heteroatoms. The molecule has 23 heavy (non-hydrogen) atoms. The van der Waals surface area contributed by atoms with E-state index in [1.54, 1.807) is 36.4 Å². The molecule has 3 rings (SSSR count). The van der Waals surface area contributed by atoms with Gasteiger partial charge >= 0.3 is 0 Å². The maximum atomic E-state index is 12.5. The fourth-order valence-electron chi connectivity index (χ4n) is 2.79. The Hall–Kier alpha value is -2.34. The van der Waals surface area contributed by atoms with Gasteiger partial charge in [-0.15, -0.1) is 0 Å². The molecule has 0 bridgehead atoms. The van der Waals surface area contributed by atoms with E-state index in [0.29, 0.717) is 11.4 Å². The summed E-state index contributed by atoms with van der Waals surface area (Å²) in [6.07, 6.45) is 3.02. The Kier molecular flexibility index (Phi) is 4.09. The van der Waals surface area contributed by atoms with Crippen molar-refractivity contribution in [2.75, 3.05) is 10.0 Å². The van der Waals surface area contributed by atoms with Gasteiger partial charge in [0.15, 0.2) is 0 Å². The van der Waals surface area contributed by atoms with Crippen molar-refractivity contribution in [3.8, 4) is 0 Å². The molecule has 1 amide bonds. The summed E-state index contributed by atoms with van der Waals surface area (Å²) in [5.41, 5.74) is 3.31. The quantitative estimate of drug-likeness (QED) is 0.905. The average Bonchev–Trinajstić information content (AvgIpc) is 2.93. The molecule has 2 N–H and O–H groups in total. The molecule has 0 aliphatic heterocycles. The van der Waals surface area contributed by atoms with Gasteiger partial charge < -0.3 is 5.32 Å². The first kappa shape index (κ1) is 15.6. The third-order valence-corrected chi connectivity index (χ3v) is 5.19. The van der Waals surface area contributed by atoms with Crippen LogP contribution in [-0.4, -0.2) is 14.3 Å². The predicted octanol–water partition coefficient (Wildman–Crippen LogP) is 2.93. The molecule has 0 fully saturated rings. The van der Waals surface area contributed by atoms with E-state index in [2.05, 4.69) is 10.0 Å². The summed E-state index contributed by atoms with van der Waals surface area (Å²) in [6, 6.07) is 11.9. The standard InChI is InChI=1S/C17H18N2O3S/c1-12(20)18-15-6-3-7-16(11-15)19-23(21,22)17-9-8-13-4-2-5-14(13)10-17/h3,6-11,19H,2,4-5H2,1H3,(H,18,20). The van der Waals surface area contributed by atoms with Gasteiger partial charge in [0.05, 0.1) is 10.6 Å². The number of hydrogen-bond acceptors (Lipinski definition) is 3. The maximum Gasteiger partial charge on any atom is 0.261 e. The number of aryl methyl sites for hydroxylation is 2. The molecule has 0 spiro atoms. The van der Waals surface area contributed by atoms with Crippen LogP contribution in [-0.2, 0) is 27.7 Å². The molecule has 0 saturated carbocycles. The molecule has 2 aromatic carbocycles. The summed E-state index contributed by atoms with van der Waals surface area (Å²) >= 11 is 0. The van der Waals surface area contributed by atoms with Crippen LogP contribution in [0.4, 0.5) is 11.4 Å². The lowest BCUT2D eigenvalue weighted by molar-refractivity contribution is -0.114. The Morgan fingerprint density at radius 2 is 1.74 bits per heavy atom. The van der Waals surface area contributed by atoms with Crippen molar-refractivity contribution >= 4 is 27.3 Å². The summed E-state index contributed by atoms with van der Waals surface area (Å²) in [5, 5.41) is 2.63. The summed E-state index contributed by atoms with van der Waals surface area (Å²) in [5.74, 6) is -0.205. The molecule has 2 aromatic rings. The minimum atomic E-state index is -3.64. The predicted molar refractivity (Wildman–Crippen MR) is 90.0 cm³/mol. The average molecular weight is 330 g/mol. The Morgan fingerprint density at radius 3 is 2.52 bits per heavy atom. The van der Waals surface area contributed by atoms with Crippen LogP contribution in [0.5, 0.6) is 0 Å². The van der Waals surface area contributed by atoms with Crippen molar-refractivity contribution in [3.63, 3.8) is 0 Å². The second kappa shape index (κ2) is 6.04. The Morgan fingerprint density at radius 1 is 1.00 bits per heavy atom. The second-order valence-electron chi connectivity index (χ2n) is 5.65. The number of carbonyl (C=O) groups excluding carboxylic acids is 1. The SMILES string of the molecule is CC(=O)Nc1cccc(NS(=O)(=O)c2ccc3c(c2)CCC3)c1. The molecule has 1 aliphatic rings. The largest absolute Gasteiger partial charge is 0.326 e. The molecule has 0 atom stereocenters. The first-order chi connectivity index (χ1) is 10.9. The zero-order valence-electron chi connectivity index (χ0n) is 12.8. The van der Waals surface area contributed by atoms with E-state index in [0.717, 1.165) is 24.8 Å². The van der Waals surface area contributed by atoms with Crippen molar-refractivity contribution in [2.24, 2.45) is 0 Å². The number of nitrogens with one attached hydrogen (secondary N) is 2. The Balaban J connectivity index is 1.85. The number of hydrogen-bond donors (Lipinski definition) is 2. The van der Waals surface area contributed by atoms with Gasteiger partial charge in [-0.25, -0.2) is 8.42 Å². The lowest BCUT2D eigenvalue weighted by Gasteiger charge is -2.11.